The molecule has 1 aromatic heterocycles. The van der Waals surface area contributed by atoms with Crippen LogP contribution in [0.4, 0.5) is 0 Å². The van der Waals surface area contributed by atoms with Crippen LogP contribution in [-0.2, 0) is 19.9 Å². The highest BCUT2D eigenvalue weighted by Gasteiger charge is 2.35. The van der Waals surface area contributed by atoms with Crippen molar-refractivity contribution in [3.05, 3.63) is 17.2 Å². The van der Waals surface area contributed by atoms with E-state index in [1.165, 1.54) is 36.5 Å². The second-order valence-corrected chi connectivity index (χ2v) is 4.47. The van der Waals surface area contributed by atoms with Crippen LogP contribution in [0, 0.1) is 0 Å². The number of hydrogen-bond acceptors (Lipinski definition) is 2. The molecule has 2 unspecified atom stereocenters. The lowest BCUT2D eigenvalue weighted by molar-refractivity contribution is 0.495. The number of hydrogen-bond donors (Lipinski definition) is 1. The third-order valence-electron chi connectivity index (χ3n) is 3.66. The first-order valence-electron chi connectivity index (χ1n) is 5.60. The monoisotopic (exact) mass is 191 g/mol. The molecule has 0 aliphatic carbocycles. The maximum atomic E-state index is 4.75. The molecular formula is C11H17N3. The molecule has 3 heterocycles. The minimum Gasteiger partial charge on any atom is -0.335 e. The normalized spacial score (nSPS) is 29.3. The molecule has 1 N–H and O–H groups in total. The molecule has 3 nitrogen and oxygen atoms in total. The smallest absolute Gasteiger partial charge is 0.108 e. The molecule has 1 saturated heterocycles. The second-order valence-electron chi connectivity index (χ2n) is 4.47. The molecule has 3 rings (SSSR count). The SMILES string of the molecule is CCc1nc2c(n1C)CC1CCC2N1. The van der Waals surface area contributed by atoms with E-state index in [9.17, 15) is 0 Å². The highest BCUT2D eigenvalue weighted by molar-refractivity contribution is 5.27. The van der Waals surface area contributed by atoms with Gasteiger partial charge in [-0.05, 0) is 12.8 Å². The third-order valence-corrected chi connectivity index (χ3v) is 3.66. The van der Waals surface area contributed by atoms with Crippen LogP contribution in [0.3, 0.4) is 0 Å². The van der Waals surface area contributed by atoms with Gasteiger partial charge in [0.25, 0.3) is 0 Å². The van der Waals surface area contributed by atoms with Crippen molar-refractivity contribution in [2.75, 3.05) is 0 Å². The molecule has 0 radical (unpaired) electrons. The maximum Gasteiger partial charge on any atom is 0.108 e. The Morgan fingerprint density at radius 2 is 2.36 bits per heavy atom. The van der Waals surface area contributed by atoms with Gasteiger partial charge in [-0.3, -0.25) is 0 Å². The van der Waals surface area contributed by atoms with Gasteiger partial charge in [-0.25, -0.2) is 4.98 Å². The van der Waals surface area contributed by atoms with Gasteiger partial charge in [0, 0.05) is 31.6 Å². The van der Waals surface area contributed by atoms with Crippen molar-refractivity contribution >= 4 is 0 Å². The average Bonchev–Trinajstić information content (AvgIpc) is 2.72. The zero-order valence-electron chi connectivity index (χ0n) is 8.88. The summed E-state index contributed by atoms with van der Waals surface area (Å²) < 4.78 is 2.31. The molecule has 2 aliphatic heterocycles. The maximum absolute atomic E-state index is 4.75. The van der Waals surface area contributed by atoms with Gasteiger partial charge in [0.05, 0.1) is 11.7 Å². The van der Waals surface area contributed by atoms with Gasteiger partial charge >= 0.3 is 0 Å². The molecular weight excluding hydrogens is 174 g/mol. The van der Waals surface area contributed by atoms with Crippen molar-refractivity contribution in [3.63, 3.8) is 0 Å². The summed E-state index contributed by atoms with van der Waals surface area (Å²) in [5.41, 5.74) is 2.81. The fourth-order valence-corrected chi connectivity index (χ4v) is 2.87. The van der Waals surface area contributed by atoms with Crippen molar-refractivity contribution in [2.24, 2.45) is 7.05 Å². The second kappa shape index (κ2) is 2.83. The average molecular weight is 191 g/mol. The summed E-state index contributed by atoms with van der Waals surface area (Å²) in [6.45, 7) is 2.18. The van der Waals surface area contributed by atoms with Crippen molar-refractivity contribution in [3.8, 4) is 0 Å². The number of rotatable bonds is 1. The van der Waals surface area contributed by atoms with Crippen molar-refractivity contribution in [1.29, 1.82) is 0 Å². The van der Waals surface area contributed by atoms with E-state index in [1.54, 1.807) is 0 Å². The summed E-state index contributed by atoms with van der Waals surface area (Å²) in [5.74, 6) is 1.24. The summed E-state index contributed by atoms with van der Waals surface area (Å²) in [6, 6.07) is 1.27. The lowest BCUT2D eigenvalue weighted by atomic mass is 10.1. The molecule has 1 aromatic rings. The zero-order valence-corrected chi connectivity index (χ0v) is 8.88. The molecule has 0 spiro atoms. The Balaban J connectivity index is 2.11. The summed E-state index contributed by atoms with van der Waals surface area (Å²) >= 11 is 0. The van der Waals surface area contributed by atoms with Gasteiger partial charge in [-0.15, -0.1) is 0 Å². The predicted molar refractivity (Wildman–Crippen MR) is 55.2 cm³/mol. The quantitative estimate of drug-likeness (QED) is 0.726. The fourth-order valence-electron chi connectivity index (χ4n) is 2.87. The first-order chi connectivity index (χ1) is 6.79. The largest absolute Gasteiger partial charge is 0.335 e. The molecule has 2 bridgehead atoms. The molecule has 0 aromatic carbocycles. The van der Waals surface area contributed by atoms with Crippen molar-refractivity contribution in [2.45, 2.75) is 44.7 Å². The van der Waals surface area contributed by atoms with E-state index in [-0.39, 0.29) is 0 Å². The predicted octanol–water partition coefficient (Wildman–Crippen LogP) is 1.33. The van der Waals surface area contributed by atoms with Crippen LogP contribution < -0.4 is 5.32 Å². The molecule has 3 heteroatoms. The van der Waals surface area contributed by atoms with E-state index in [4.69, 9.17) is 4.98 Å². The number of nitrogens with one attached hydrogen (secondary N) is 1. The number of nitrogens with zero attached hydrogens (tertiary/aromatic N) is 2. The molecule has 14 heavy (non-hydrogen) atoms. The van der Waals surface area contributed by atoms with Crippen LogP contribution in [-0.4, -0.2) is 15.6 Å². The molecule has 76 valence electrons. The Hall–Kier alpha value is -0.830. The Morgan fingerprint density at radius 3 is 3.14 bits per heavy atom. The van der Waals surface area contributed by atoms with Crippen molar-refractivity contribution in [1.82, 2.24) is 14.9 Å². The zero-order chi connectivity index (χ0) is 9.71. The fraction of sp³-hybridized carbons (Fsp3) is 0.727. The van der Waals surface area contributed by atoms with Gasteiger partial charge in [0.15, 0.2) is 0 Å². The van der Waals surface area contributed by atoms with Crippen LogP contribution >= 0.6 is 0 Å². The summed E-state index contributed by atoms with van der Waals surface area (Å²) in [4.78, 5) is 4.75. The Bertz CT molecular complexity index is 367. The highest BCUT2D eigenvalue weighted by Crippen LogP contribution is 2.35. The standard InChI is InChI=1S/C11H17N3/c1-3-10-13-11-8-5-4-7(12-8)6-9(11)14(10)2/h7-8,12H,3-6H2,1-2H3. The van der Waals surface area contributed by atoms with Crippen LogP contribution in [0.25, 0.3) is 0 Å². The lowest BCUT2D eigenvalue weighted by Gasteiger charge is -2.21. The van der Waals surface area contributed by atoms with Crippen LogP contribution in [0.1, 0.15) is 43.0 Å². The lowest BCUT2D eigenvalue weighted by Crippen LogP contribution is -2.32. The first kappa shape index (κ1) is 8.48. The molecule has 2 aliphatic rings. The molecule has 0 amide bonds. The number of imidazole rings is 1. The van der Waals surface area contributed by atoms with Crippen LogP contribution in [0.2, 0.25) is 0 Å². The summed E-state index contributed by atoms with van der Waals surface area (Å²) in [6.07, 6.45) is 4.82. The first-order valence-corrected chi connectivity index (χ1v) is 5.60. The van der Waals surface area contributed by atoms with Gasteiger partial charge in [-0.1, -0.05) is 6.92 Å². The number of aryl methyl sites for hydroxylation is 1. The Kier molecular flexibility index (Phi) is 1.71. The minimum absolute atomic E-state index is 0.551. The van der Waals surface area contributed by atoms with Gasteiger partial charge < -0.3 is 9.88 Å². The molecule has 2 atom stereocenters. The van der Waals surface area contributed by atoms with Crippen LogP contribution in [0.15, 0.2) is 0 Å². The van der Waals surface area contributed by atoms with E-state index in [2.05, 4.69) is 23.9 Å². The molecule has 1 fully saturated rings. The third kappa shape index (κ3) is 0.989. The van der Waals surface area contributed by atoms with Crippen molar-refractivity contribution < 1.29 is 0 Å². The van der Waals surface area contributed by atoms with E-state index < -0.39 is 0 Å². The minimum atomic E-state index is 0.551. The summed E-state index contributed by atoms with van der Waals surface area (Å²) in [5, 5.41) is 3.64. The molecule has 0 saturated carbocycles. The van der Waals surface area contributed by atoms with E-state index >= 15 is 0 Å². The highest BCUT2D eigenvalue weighted by atomic mass is 15.1. The Labute approximate surface area is 84.5 Å². The van der Waals surface area contributed by atoms with Crippen LogP contribution in [0.5, 0.6) is 0 Å². The Morgan fingerprint density at radius 1 is 1.50 bits per heavy atom. The van der Waals surface area contributed by atoms with Gasteiger partial charge in [-0.2, -0.15) is 0 Å². The van der Waals surface area contributed by atoms with E-state index in [1.807, 2.05) is 0 Å². The number of fused-ring (bicyclic) bond motifs is 4. The topological polar surface area (TPSA) is 29.9 Å². The van der Waals surface area contributed by atoms with Gasteiger partial charge in [0.2, 0.25) is 0 Å². The van der Waals surface area contributed by atoms with Gasteiger partial charge in [0.1, 0.15) is 5.82 Å². The number of aromatic nitrogens is 2. The summed E-state index contributed by atoms with van der Waals surface area (Å²) in [7, 11) is 2.16. The van der Waals surface area contributed by atoms with E-state index in [0.717, 1.165) is 6.42 Å². The van der Waals surface area contributed by atoms with E-state index in [0.29, 0.717) is 12.1 Å².